The lowest BCUT2D eigenvalue weighted by Gasteiger charge is -2.15. The number of aromatic nitrogens is 2. The van der Waals surface area contributed by atoms with Crippen molar-refractivity contribution in [3.63, 3.8) is 0 Å². The summed E-state index contributed by atoms with van der Waals surface area (Å²) in [5.41, 5.74) is 1.16. The molecule has 9 nitrogen and oxygen atoms in total. The second-order valence-electron chi connectivity index (χ2n) is 8.97. The number of fused-ring (bicyclic) bond motifs is 1. The topological polar surface area (TPSA) is 138 Å². The van der Waals surface area contributed by atoms with Gasteiger partial charge in [0.15, 0.2) is 9.84 Å². The Morgan fingerprint density at radius 2 is 1.68 bits per heavy atom. The smallest absolute Gasteiger partial charge is 0.416 e. The van der Waals surface area contributed by atoms with Crippen LogP contribution in [-0.2, 0) is 55.0 Å². The van der Waals surface area contributed by atoms with Crippen molar-refractivity contribution in [3.8, 4) is 0 Å². The molecule has 37 heavy (non-hydrogen) atoms. The molecule has 0 amide bonds. The first-order valence-electron chi connectivity index (χ1n) is 11.9. The summed E-state index contributed by atoms with van der Waals surface area (Å²) in [4.78, 5) is 9.80. The van der Waals surface area contributed by atoms with Crippen molar-refractivity contribution in [1.29, 1.82) is 0 Å². The Morgan fingerprint density at radius 3 is 2.27 bits per heavy atom. The summed E-state index contributed by atoms with van der Waals surface area (Å²) in [6.07, 6.45) is 3.61. The standard InChI is InChI=1S/C12H14F3NO4S2.C11H16N2O2/c13-12(14,15)8-5-10(7-11(6-8)22(16,19)20)21(17,18)9-3-1-2-4-9;1-2-15-11(14)8-13-10-6-4-3-5-9(10)7-12-13/h5-7,9H,1-4H2,(H2,16,19,20);7H,2-6,8H2,1H3. The van der Waals surface area contributed by atoms with Crippen LogP contribution >= 0.6 is 0 Å². The van der Waals surface area contributed by atoms with E-state index in [-0.39, 0.29) is 12.5 Å². The quantitative estimate of drug-likeness (QED) is 0.530. The molecule has 4 rings (SSSR count). The summed E-state index contributed by atoms with van der Waals surface area (Å²) in [6, 6.07) is 1.49. The van der Waals surface area contributed by atoms with E-state index in [1.165, 1.54) is 24.1 Å². The third kappa shape index (κ3) is 7.32. The largest absolute Gasteiger partial charge is 0.465 e. The maximum atomic E-state index is 12.9. The summed E-state index contributed by atoms with van der Waals surface area (Å²) in [6.45, 7) is 2.50. The lowest BCUT2D eigenvalue weighted by molar-refractivity contribution is -0.144. The fourth-order valence-corrected chi connectivity index (χ4v) is 7.05. The van der Waals surface area contributed by atoms with Crippen LogP contribution in [0.5, 0.6) is 0 Å². The first kappa shape index (κ1) is 29.1. The van der Waals surface area contributed by atoms with Gasteiger partial charge in [-0.05, 0) is 69.2 Å². The maximum Gasteiger partial charge on any atom is 0.416 e. The second kappa shape index (κ2) is 11.5. The number of nitrogens with zero attached hydrogens (tertiary/aromatic N) is 2. The summed E-state index contributed by atoms with van der Waals surface area (Å²) in [5.74, 6) is -0.200. The number of hydrogen-bond donors (Lipinski definition) is 1. The number of rotatable bonds is 6. The number of benzene rings is 1. The molecule has 0 spiro atoms. The number of carbonyl (C=O) groups is 1. The number of alkyl halides is 3. The van der Waals surface area contributed by atoms with E-state index in [1.54, 1.807) is 4.68 Å². The average Bonchev–Trinajstić information content (AvgIpc) is 3.50. The molecule has 2 N–H and O–H groups in total. The first-order chi connectivity index (χ1) is 17.2. The Bertz CT molecular complexity index is 1330. The van der Waals surface area contributed by atoms with Gasteiger partial charge in [0.25, 0.3) is 0 Å². The molecule has 0 bridgehead atoms. The van der Waals surface area contributed by atoms with Crippen molar-refractivity contribution >= 4 is 25.8 Å². The fourth-order valence-electron chi connectivity index (χ4n) is 4.48. The summed E-state index contributed by atoms with van der Waals surface area (Å²) < 4.78 is 92.7. The Kier molecular flexibility index (Phi) is 9.06. The highest BCUT2D eigenvalue weighted by atomic mass is 32.2. The third-order valence-electron chi connectivity index (χ3n) is 6.33. The van der Waals surface area contributed by atoms with Crippen molar-refractivity contribution in [1.82, 2.24) is 9.78 Å². The monoisotopic (exact) mass is 565 g/mol. The second-order valence-corrected chi connectivity index (χ2v) is 12.8. The van der Waals surface area contributed by atoms with Crippen LogP contribution in [0.25, 0.3) is 0 Å². The van der Waals surface area contributed by atoms with E-state index in [9.17, 15) is 34.8 Å². The lowest BCUT2D eigenvalue weighted by atomic mass is 9.98. The van der Waals surface area contributed by atoms with Crippen LogP contribution in [0.1, 0.15) is 62.3 Å². The van der Waals surface area contributed by atoms with Crippen LogP contribution in [0.2, 0.25) is 0 Å². The molecule has 0 unspecified atom stereocenters. The van der Waals surface area contributed by atoms with Crippen LogP contribution in [0, 0.1) is 0 Å². The van der Waals surface area contributed by atoms with Crippen LogP contribution in [0.3, 0.4) is 0 Å². The molecule has 1 aromatic carbocycles. The van der Waals surface area contributed by atoms with Gasteiger partial charge in [0.2, 0.25) is 10.0 Å². The number of sulfonamides is 1. The zero-order valence-electron chi connectivity index (χ0n) is 20.3. The molecule has 1 saturated carbocycles. The van der Waals surface area contributed by atoms with Crippen molar-refractivity contribution in [2.45, 2.75) is 86.1 Å². The Morgan fingerprint density at radius 1 is 1.05 bits per heavy atom. The van der Waals surface area contributed by atoms with E-state index in [0.29, 0.717) is 50.5 Å². The number of esters is 1. The molecule has 2 aliphatic rings. The number of aryl methyl sites for hydroxylation is 1. The number of hydrogen-bond acceptors (Lipinski definition) is 7. The maximum absolute atomic E-state index is 12.9. The van der Waals surface area contributed by atoms with E-state index >= 15 is 0 Å². The van der Waals surface area contributed by atoms with E-state index < -0.39 is 46.6 Å². The van der Waals surface area contributed by atoms with Crippen molar-refractivity contribution in [2.24, 2.45) is 5.14 Å². The molecule has 0 aliphatic heterocycles. The van der Waals surface area contributed by atoms with Crippen molar-refractivity contribution in [3.05, 3.63) is 41.2 Å². The minimum atomic E-state index is -4.87. The molecule has 0 atom stereocenters. The molecule has 2 aliphatic carbocycles. The summed E-state index contributed by atoms with van der Waals surface area (Å²) >= 11 is 0. The lowest BCUT2D eigenvalue weighted by Crippen LogP contribution is -2.21. The predicted octanol–water partition coefficient (Wildman–Crippen LogP) is 3.39. The average molecular weight is 566 g/mol. The Balaban J connectivity index is 0.000000220. The molecule has 1 aromatic heterocycles. The molecule has 14 heteroatoms. The highest BCUT2D eigenvalue weighted by Gasteiger charge is 2.36. The van der Waals surface area contributed by atoms with E-state index in [2.05, 4.69) is 5.10 Å². The van der Waals surface area contributed by atoms with E-state index in [4.69, 9.17) is 9.88 Å². The van der Waals surface area contributed by atoms with Gasteiger partial charge in [-0.2, -0.15) is 18.3 Å². The van der Waals surface area contributed by atoms with Gasteiger partial charge < -0.3 is 4.74 Å². The molecule has 0 radical (unpaired) electrons. The first-order valence-corrected chi connectivity index (χ1v) is 15.0. The van der Waals surface area contributed by atoms with Crippen LogP contribution in [0.15, 0.2) is 34.2 Å². The van der Waals surface area contributed by atoms with Gasteiger partial charge in [0.05, 0.1) is 33.4 Å². The van der Waals surface area contributed by atoms with Gasteiger partial charge in [0, 0.05) is 5.69 Å². The molecule has 1 heterocycles. The zero-order valence-corrected chi connectivity index (χ0v) is 22.0. The molecule has 0 saturated heterocycles. The van der Waals surface area contributed by atoms with Crippen LogP contribution < -0.4 is 5.14 Å². The van der Waals surface area contributed by atoms with Gasteiger partial charge in [-0.3, -0.25) is 9.48 Å². The van der Waals surface area contributed by atoms with Crippen LogP contribution in [-0.4, -0.2) is 44.4 Å². The van der Waals surface area contributed by atoms with Gasteiger partial charge in [-0.15, -0.1) is 0 Å². The molecule has 2 aromatic rings. The van der Waals surface area contributed by atoms with E-state index in [1.807, 2.05) is 13.1 Å². The zero-order chi connectivity index (χ0) is 27.4. The van der Waals surface area contributed by atoms with Gasteiger partial charge in [-0.1, -0.05) is 12.8 Å². The molecule has 1 fully saturated rings. The molecule has 206 valence electrons. The van der Waals surface area contributed by atoms with Crippen molar-refractivity contribution in [2.75, 3.05) is 6.61 Å². The summed E-state index contributed by atoms with van der Waals surface area (Å²) in [7, 11) is -8.48. The third-order valence-corrected chi connectivity index (χ3v) is 9.47. The van der Waals surface area contributed by atoms with Gasteiger partial charge >= 0.3 is 12.1 Å². The summed E-state index contributed by atoms with van der Waals surface area (Å²) in [5, 5.41) is 8.29. The number of carbonyl (C=O) groups excluding carboxylic acids is 1. The Labute approximate surface area is 214 Å². The van der Waals surface area contributed by atoms with Crippen molar-refractivity contribution < 1.29 is 39.5 Å². The highest BCUT2D eigenvalue weighted by Crippen LogP contribution is 2.35. The van der Waals surface area contributed by atoms with Crippen LogP contribution in [0.4, 0.5) is 13.2 Å². The SMILES string of the molecule is CCOC(=O)Cn1ncc2c1CCCC2.NS(=O)(=O)c1cc(C(F)(F)F)cc(S(=O)(=O)C2CCCC2)c1. The fraction of sp³-hybridized carbons (Fsp3) is 0.565. The number of primary sulfonamides is 1. The van der Waals surface area contributed by atoms with Gasteiger partial charge in [-0.25, -0.2) is 22.0 Å². The van der Waals surface area contributed by atoms with E-state index in [0.717, 1.165) is 12.8 Å². The Hall–Kier alpha value is -2.45. The number of ether oxygens (including phenoxy) is 1. The van der Waals surface area contributed by atoms with Gasteiger partial charge in [0.1, 0.15) is 6.54 Å². The normalized spacial score (nSPS) is 16.6. The molecular formula is C23H30F3N3O6S2. The predicted molar refractivity (Wildman–Crippen MR) is 128 cm³/mol. The highest BCUT2D eigenvalue weighted by molar-refractivity contribution is 7.92. The minimum absolute atomic E-state index is 0.200. The minimum Gasteiger partial charge on any atom is -0.465 e. The molecular weight excluding hydrogens is 535 g/mol. The number of nitrogens with two attached hydrogens (primary N) is 1. The number of halogens is 3. The number of sulfone groups is 1.